The Morgan fingerprint density at radius 1 is 1.53 bits per heavy atom. The number of H-pyrrole nitrogens is 1. The SMILES string of the molecule is Cc1cc(C(=O)NCC(C)(O)c2ccc(C)o2)n[nH]1. The number of rotatable bonds is 4. The lowest BCUT2D eigenvalue weighted by Gasteiger charge is -2.20. The topological polar surface area (TPSA) is 91.2 Å². The summed E-state index contributed by atoms with van der Waals surface area (Å²) in [6, 6.07) is 5.10. The molecular weight excluding hydrogens is 246 g/mol. The smallest absolute Gasteiger partial charge is 0.271 e. The molecule has 1 atom stereocenters. The Hall–Kier alpha value is -2.08. The van der Waals surface area contributed by atoms with Crippen molar-refractivity contribution in [2.24, 2.45) is 0 Å². The summed E-state index contributed by atoms with van der Waals surface area (Å²) < 4.78 is 5.37. The summed E-state index contributed by atoms with van der Waals surface area (Å²) in [5.41, 5.74) is -0.155. The van der Waals surface area contributed by atoms with Crippen molar-refractivity contribution in [3.8, 4) is 0 Å². The molecule has 0 aliphatic carbocycles. The van der Waals surface area contributed by atoms with E-state index in [1.54, 1.807) is 32.0 Å². The van der Waals surface area contributed by atoms with Gasteiger partial charge in [-0.1, -0.05) is 0 Å². The Morgan fingerprint density at radius 2 is 2.26 bits per heavy atom. The minimum absolute atomic E-state index is 0.0463. The monoisotopic (exact) mass is 263 g/mol. The van der Waals surface area contributed by atoms with Gasteiger partial charge in [-0.3, -0.25) is 9.89 Å². The summed E-state index contributed by atoms with van der Waals surface area (Å²) in [6.07, 6.45) is 0. The van der Waals surface area contributed by atoms with Crippen LogP contribution in [0.3, 0.4) is 0 Å². The second kappa shape index (κ2) is 4.89. The lowest BCUT2D eigenvalue weighted by Crippen LogP contribution is -2.38. The van der Waals surface area contributed by atoms with E-state index in [9.17, 15) is 9.90 Å². The van der Waals surface area contributed by atoms with E-state index in [-0.39, 0.29) is 12.5 Å². The number of hydrogen-bond acceptors (Lipinski definition) is 4. The molecular formula is C13H17N3O3. The van der Waals surface area contributed by atoms with Gasteiger partial charge in [0.05, 0.1) is 6.54 Å². The maximum absolute atomic E-state index is 11.8. The first-order valence-corrected chi connectivity index (χ1v) is 5.98. The molecule has 0 aromatic carbocycles. The zero-order valence-electron chi connectivity index (χ0n) is 11.2. The summed E-state index contributed by atoms with van der Waals surface area (Å²) in [7, 11) is 0. The highest BCUT2D eigenvalue weighted by atomic mass is 16.4. The normalized spacial score (nSPS) is 14.1. The van der Waals surface area contributed by atoms with Crippen molar-refractivity contribution in [3.05, 3.63) is 41.1 Å². The van der Waals surface area contributed by atoms with Crippen molar-refractivity contribution in [3.63, 3.8) is 0 Å². The second-order valence-corrected chi connectivity index (χ2v) is 4.80. The first-order valence-electron chi connectivity index (χ1n) is 5.98. The van der Waals surface area contributed by atoms with Gasteiger partial charge < -0.3 is 14.8 Å². The molecule has 6 nitrogen and oxygen atoms in total. The first-order chi connectivity index (χ1) is 8.88. The van der Waals surface area contributed by atoms with Crippen molar-refractivity contribution in [1.29, 1.82) is 0 Å². The molecule has 0 aliphatic heterocycles. The molecule has 0 bridgehead atoms. The van der Waals surface area contributed by atoms with Gasteiger partial charge in [0, 0.05) is 5.69 Å². The number of carbonyl (C=O) groups is 1. The highest BCUT2D eigenvalue weighted by Crippen LogP contribution is 2.21. The molecule has 6 heteroatoms. The number of amides is 1. The third kappa shape index (κ3) is 3.03. The largest absolute Gasteiger partial charge is 0.463 e. The Morgan fingerprint density at radius 3 is 2.79 bits per heavy atom. The third-order valence-electron chi connectivity index (χ3n) is 2.80. The molecule has 2 heterocycles. The zero-order valence-corrected chi connectivity index (χ0v) is 11.2. The van der Waals surface area contributed by atoms with Crippen LogP contribution in [0, 0.1) is 13.8 Å². The van der Waals surface area contributed by atoms with Crippen LogP contribution in [0.4, 0.5) is 0 Å². The number of furan rings is 1. The molecule has 102 valence electrons. The number of nitrogens with one attached hydrogen (secondary N) is 2. The van der Waals surface area contributed by atoms with Crippen LogP contribution in [-0.4, -0.2) is 27.8 Å². The van der Waals surface area contributed by atoms with Crippen molar-refractivity contribution in [1.82, 2.24) is 15.5 Å². The average molecular weight is 263 g/mol. The summed E-state index contributed by atoms with van der Waals surface area (Å²) in [6.45, 7) is 5.24. The Labute approximate surface area is 110 Å². The molecule has 0 radical (unpaired) electrons. The summed E-state index contributed by atoms with van der Waals surface area (Å²) in [4.78, 5) is 11.8. The molecule has 0 saturated carbocycles. The van der Waals surface area contributed by atoms with Crippen LogP contribution >= 0.6 is 0 Å². The molecule has 3 N–H and O–H groups in total. The van der Waals surface area contributed by atoms with E-state index in [0.29, 0.717) is 17.2 Å². The number of aryl methyl sites for hydroxylation is 2. The second-order valence-electron chi connectivity index (χ2n) is 4.80. The lowest BCUT2D eigenvalue weighted by atomic mass is 10.0. The lowest BCUT2D eigenvalue weighted by molar-refractivity contribution is 0.0322. The molecule has 19 heavy (non-hydrogen) atoms. The molecule has 0 aliphatic rings. The standard InChI is InChI=1S/C13H17N3O3/c1-8-6-10(16-15-8)12(17)14-7-13(3,18)11-5-4-9(2)19-11/h4-6,18H,7H2,1-3H3,(H,14,17)(H,15,16). The molecule has 1 unspecified atom stereocenters. The van der Waals surface area contributed by atoms with Gasteiger partial charge >= 0.3 is 0 Å². The van der Waals surface area contributed by atoms with Crippen LogP contribution in [0.25, 0.3) is 0 Å². The average Bonchev–Trinajstić information content (AvgIpc) is 2.95. The van der Waals surface area contributed by atoms with Crippen molar-refractivity contribution in [2.75, 3.05) is 6.54 Å². The number of aromatic amines is 1. The minimum Gasteiger partial charge on any atom is -0.463 e. The number of nitrogens with zero attached hydrogens (tertiary/aromatic N) is 1. The van der Waals surface area contributed by atoms with Crippen LogP contribution in [0.1, 0.15) is 34.6 Å². The van der Waals surface area contributed by atoms with Gasteiger partial charge in [0.1, 0.15) is 22.8 Å². The predicted molar refractivity (Wildman–Crippen MR) is 68.7 cm³/mol. The van der Waals surface area contributed by atoms with Gasteiger partial charge in [-0.25, -0.2) is 0 Å². The van der Waals surface area contributed by atoms with E-state index in [1.165, 1.54) is 0 Å². The van der Waals surface area contributed by atoms with E-state index in [2.05, 4.69) is 15.5 Å². The van der Waals surface area contributed by atoms with E-state index in [1.807, 2.05) is 6.92 Å². The van der Waals surface area contributed by atoms with Crippen LogP contribution in [0.2, 0.25) is 0 Å². The fourth-order valence-corrected chi connectivity index (χ4v) is 1.69. The number of aromatic nitrogens is 2. The number of aliphatic hydroxyl groups is 1. The molecule has 0 fully saturated rings. The van der Waals surface area contributed by atoms with Gasteiger partial charge in [-0.2, -0.15) is 5.10 Å². The van der Waals surface area contributed by atoms with Crippen LogP contribution < -0.4 is 5.32 Å². The molecule has 2 aromatic rings. The quantitative estimate of drug-likeness (QED) is 0.774. The Kier molecular flexibility index (Phi) is 3.44. The summed E-state index contributed by atoms with van der Waals surface area (Å²) in [5, 5.41) is 19.4. The fraction of sp³-hybridized carbons (Fsp3) is 0.385. The summed E-state index contributed by atoms with van der Waals surface area (Å²) in [5.74, 6) is 0.793. The number of carbonyl (C=O) groups excluding carboxylic acids is 1. The van der Waals surface area contributed by atoms with Gasteiger partial charge in [0.2, 0.25) is 0 Å². The first kappa shape index (κ1) is 13.4. The number of hydrogen-bond donors (Lipinski definition) is 3. The molecule has 0 spiro atoms. The van der Waals surface area contributed by atoms with E-state index < -0.39 is 5.60 Å². The van der Waals surface area contributed by atoms with Crippen molar-refractivity contribution < 1.29 is 14.3 Å². The van der Waals surface area contributed by atoms with Crippen molar-refractivity contribution in [2.45, 2.75) is 26.4 Å². The molecule has 2 aromatic heterocycles. The van der Waals surface area contributed by atoms with Crippen LogP contribution in [0.15, 0.2) is 22.6 Å². The van der Waals surface area contributed by atoms with Gasteiger partial charge in [0.25, 0.3) is 5.91 Å². The highest BCUT2D eigenvalue weighted by molar-refractivity contribution is 5.92. The predicted octanol–water partition coefficient (Wildman–Crippen LogP) is 1.26. The van der Waals surface area contributed by atoms with E-state index >= 15 is 0 Å². The van der Waals surface area contributed by atoms with Gasteiger partial charge in [0.15, 0.2) is 0 Å². The fourth-order valence-electron chi connectivity index (χ4n) is 1.69. The van der Waals surface area contributed by atoms with Gasteiger partial charge in [-0.05, 0) is 39.0 Å². The highest BCUT2D eigenvalue weighted by Gasteiger charge is 2.27. The Balaban J connectivity index is 2.00. The molecule has 1 amide bonds. The van der Waals surface area contributed by atoms with Crippen LogP contribution in [0.5, 0.6) is 0 Å². The molecule has 0 saturated heterocycles. The Bertz CT molecular complexity index is 583. The minimum atomic E-state index is -1.25. The van der Waals surface area contributed by atoms with Gasteiger partial charge in [-0.15, -0.1) is 0 Å². The zero-order chi connectivity index (χ0) is 14.0. The maximum Gasteiger partial charge on any atom is 0.271 e. The van der Waals surface area contributed by atoms with Crippen LogP contribution in [-0.2, 0) is 5.60 Å². The third-order valence-corrected chi connectivity index (χ3v) is 2.80. The van der Waals surface area contributed by atoms with E-state index in [4.69, 9.17) is 4.42 Å². The summed E-state index contributed by atoms with van der Waals surface area (Å²) >= 11 is 0. The van der Waals surface area contributed by atoms with Crippen molar-refractivity contribution >= 4 is 5.91 Å². The van der Waals surface area contributed by atoms with E-state index in [0.717, 1.165) is 5.69 Å². The molecule has 2 rings (SSSR count). The maximum atomic E-state index is 11.8.